The van der Waals surface area contributed by atoms with Crippen LogP contribution in [-0.4, -0.2) is 19.9 Å². The Labute approximate surface area is 114 Å². The standard InChI is InChI=1S/C11H13FN6S/c1-5-6(2)15-11(16-7(5)3)19-9-8(12)4-14-10(17-9)18-13/h4H,13H2,1-3H3,(H,14,17,18). The van der Waals surface area contributed by atoms with Gasteiger partial charge in [0.1, 0.15) is 5.03 Å². The van der Waals surface area contributed by atoms with E-state index >= 15 is 0 Å². The number of nitrogens with two attached hydrogens (primary N) is 1. The summed E-state index contributed by atoms with van der Waals surface area (Å²) in [5, 5.41) is 0.576. The van der Waals surface area contributed by atoms with Crippen molar-refractivity contribution in [2.24, 2.45) is 5.84 Å². The summed E-state index contributed by atoms with van der Waals surface area (Å²) < 4.78 is 13.6. The molecule has 0 aliphatic heterocycles. The highest BCUT2D eigenvalue weighted by atomic mass is 32.2. The summed E-state index contributed by atoms with van der Waals surface area (Å²) in [5.74, 6) is 4.80. The Balaban J connectivity index is 2.36. The fourth-order valence-corrected chi connectivity index (χ4v) is 2.19. The molecular formula is C11H13FN6S. The van der Waals surface area contributed by atoms with E-state index in [1.165, 1.54) is 0 Å². The van der Waals surface area contributed by atoms with E-state index in [-0.39, 0.29) is 11.0 Å². The van der Waals surface area contributed by atoms with Gasteiger partial charge in [-0.2, -0.15) is 0 Å². The van der Waals surface area contributed by atoms with Crippen LogP contribution in [0.15, 0.2) is 16.4 Å². The highest BCUT2D eigenvalue weighted by Gasteiger charge is 2.12. The molecule has 0 fully saturated rings. The summed E-state index contributed by atoms with van der Waals surface area (Å²) in [6.45, 7) is 5.72. The fourth-order valence-electron chi connectivity index (χ4n) is 1.37. The molecule has 8 heteroatoms. The Bertz CT molecular complexity index is 595. The maximum atomic E-state index is 13.6. The molecule has 2 heterocycles. The lowest BCUT2D eigenvalue weighted by molar-refractivity contribution is 0.579. The predicted octanol–water partition coefficient (Wildman–Crippen LogP) is 1.77. The average Bonchev–Trinajstić information content (AvgIpc) is 2.38. The van der Waals surface area contributed by atoms with Gasteiger partial charge in [0.05, 0.1) is 6.20 Å². The van der Waals surface area contributed by atoms with Gasteiger partial charge in [0, 0.05) is 11.4 Å². The second kappa shape index (κ2) is 5.45. The molecule has 2 aromatic rings. The van der Waals surface area contributed by atoms with E-state index in [9.17, 15) is 4.39 Å². The Morgan fingerprint density at radius 1 is 1.16 bits per heavy atom. The van der Waals surface area contributed by atoms with Crippen LogP contribution in [0.5, 0.6) is 0 Å². The highest BCUT2D eigenvalue weighted by molar-refractivity contribution is 7.99. The number of nitrogens with one attached hydrogen (secondary N) is 1. The first-order valence-electron chi connectivity index (χ1n) is 5.50. The van der Waals surface area contributed by atoms with Crippen LogP contribution in [0.2, 0.25) is 0 Å². The van der Waals surface area contributed by atoms with Crippen molar-refractivity contribution in [1.29, 1.82) is 0 Å². The molecule has 3 N–H and O–H groups in total. The Kier molecular flexibility index (Phi) is 3.91. The summed E-state index contributed by atoms with van der Waals surface area (Å²) >= 11 is 1.04. The number of anilines is 1. The Morgan fingerprint density at radius 3 is 2.37 bits per heavy atom. The molecule has 0 aliphatic carbocycles. The molecule has 100 valence electrons. The smallest absolute Gasteiger partial charge is 0.238 e. The molecule has 2 aromatic heterocycles. The predicted molar refractivity (Wildman–Crippen MR) is 70.2 cm³/mol. The van der Waals surface area contributed by atoms with E-state index in [2.05, 4.69) is 25.4 Å². The van der Waals surface area contributed by atoms with Crippen LogP contribution in [0, 0.1) is 26.6 Å². The van der Waals surface area contributed by atoms with Gasteiger partial charge >= 0.3 is 0 Å². The first-order chi connectivity index (χ1) is 9.01. The third-order valence-electron chi connectivity index (χ3n) is 2.64. The molecule has 19 heavy (non-hydrogen) atoms. The van der Waals surface area contributed by atoms with Crippen LogP contribution in [0.25, 0.3) is 0 Å². The molecule has 0 amide bonds. The number of halogens is 1. The minimum absolute atomic E-state index is 0.130. The molecular weight excluding hydrogens is 267 g/mol. The zero-order valence-electron chi connectivity index (χ0n) is 10.7. The van der Waals surface area contributed by atoms with Crippen molar-refractivity contribution in [2.45, 2.75) is 31.0 Å². The monoisotopic (exact) mass is 280 g/mol. The second-order valence-corrected chi connectivity index (χ2v) is 4.85. The number of nitrogen functional groups attached to an aromatic ring is 1. The maximum absolute atomic E-state index is 13.6. The summed E-state index contributed by atoms with van der Waals surface area (Å²) in [7, 11) is 0. The molecule has 0 unspecified atom stereocenters. The van der Waals surface area contributed by atoms with Crippen molar-refractivity contribution in [2.75, 3.05) is 5.43 Å². The van der Waals surface area contributed by atoms with Crippen LogP contribution in [0.4, 0.5) is 10.3 Å². The summed E-state index contributed by atoms with van der Waals surface area (Å²) in [5.41, 5.74) is 5.02. The van der Waals surface area contributed by atoms with Crippen LogP contribution in [0.3, 0.4) is 0 Å². The Morgan fingerprint density at radius 2 is 1.79 bits per heavy atom. The Hall–Kier alpha value is -1.80. The van der Waals surface area contributed by atoms with Gasteiger partial charge in [0.15, 0.2) is 11.0 Å². The molecule has 0 saturated heterocycles. The van der Waals surface area contributed by atoms with Gasteiger partial charge in [-0.3, -0.25) is 5.43 Å². The molecule has 0 aliphatic rings. The van der Waals surface area contributed by atoms with E-state index in [1.807, 2.05) is 20.8 Å². The molecule has 0 atom stereocenters. The van der Waals surface area contributed by atoms with E-state index < -0.39 is 5.82 Å². The first kappa shape index (κ1) is 13.6. The quantitative estimate of drug-likeness (QED) is 0.383. The first-order valence-corrected chi connectivity index (χ1v) is 6.31. The normalized spacial score (nSPS) is 10.6. The molecule has 0 saturated carbocycles. The number of aromatic nitrogens is 4. The lowest BCUT2D eigenvalue weighted by Crippen LogP contribution is -2.11. The molecule has 0 bridgehead atoms. The summed E-state index contributed by atoms with van der Waals surface area (Å²) in [6.07, 6.45) is 1.05. The molecule has 0 aromatic carbocycles. The molecule has 6 nitrogen and oxygen atoms in total. The van der Waals surface area contributed by atoms with Crippen molar-refractivity contribution in [1.82, 2.24) is 19.9 Å². The topological polar surface area (TPSA) is 89.6 Å². The third-order valence-corrected chi connectivity index (χ3v) is 3.49. The number of hydrazine groups is 1. The summed E-state index contributed by atoms with van der Waals surface area (Å²) in [6, 6.07) is 0. The summed E-state index contributed by atoms with van der Waals surface area (Å²) in [4.78, 5) is 16.2. The van der Waals surface area contributed by atoms with E-state index in [4.69, 9.17) is 5.84 Å². The van der Waals surface area contributed by atoms with Crippen molar-refractivity contribution in [3.63, 3.8) is 0 Å². The fraction of sp³-hybridized carbons (Fsp3) is 0.273. The van der Waals surface area contributed by atoms with Gasteiger partial charge in [-0.15, -0.1) is 0 Å². The molecule has 0 radical (unpaired) electrons. The van der Waals surface area contributed by atoms with E-state index in [1.54, 1.807) is 0 Å². The lowest BCUT2D eigenvalue weighted by Gasteiger charge is -2.07. The minimum atomic E-state index is -0.538. The van der Waals surface area contributed by atoms with Gasteiger partial charge in [-0.05, 0) is 38.1 Å². The van der Waals surface area contributed by atoms with Gasteiger partial charge in [0.25, 0.3) is 0 Å². The number of hydrogen-bond acceptors (Lipinski definition) is 7. The molecule has 0 spiro atoms. The number of rotatable bonds is 3. The largest absolute Gasteiger partial charge is 0.292 e. The number of nitrogens with zero attached hydrogens (tertiary/aromatic N) is 4. The number of hydrogen-bond donors (Lipinski definition) is 2. The average molecular weight is 280 g/mol. The van der Waals surface area contributed by atoms with Crippen LogP contribution in [0.1, 0.15) is 17.0 Å². The van der Waals surface area contributed by atoms with E-state index in [0.717, 1.165) is 34.9 Å². The van der Waals surface area contributed by atoms with Crippen molar-refractivity contribution >= 4 is 17.7 Å². The van der Waals surface area contributed by atoms with Crippen LogP contribution < -0.4 is 11.3 Å². The van der Waals surface area contributed by atoms with Gasteiger partial charge in [-0.1, -0.05) is 0 Å². The van der Waals surface area contributed by atoms with Crippen LogP contribution in [-0.2, 0) is 0 Å². The maximum Gasteiger partial charge on any atom is 0.238 e. The van der Waals surface area contributed by atoms with Gasteiger partial charge in [0.2, 0.25) is 5.95 Å². The van der Waals surface area contributed by atoms with E-state index in [0.29, 0.717) is 5.16 Å². The van der Waals surface area contributed by atoms with Crippen LogP contribution >= 0.6 is 11.8 Å². The zero-order chi connectivity index (χ0) is 14.0. The van der Waals surface area contributed by atoms with Gasteiger partial charge < -0.3 is 0 Å². The SMILES string of the molecule is Cc1nc(Sc2nc(NN)ncc2F)nc(C)c1C. The lowest BCUT2D eigenvalue weighted by atomic mass is 10.2. The molecule has 2 rings (SSSR count). The minimum Gasteiger partial charge on any atom is -0.292 e. The third kappa shape index (κ3) is 2.96. The van der Waals surface area contributed by atoms with Crippen molar-refractivity contribution < 1.29 is 4.39 Å². The second-order valence-electron chi connectivity index (χ2n) is 3.90. The van der Waals surface area contributed by atoms with Gasteiger partial charge in [-0.25, -0.2) is 30.2 Å². The number of aryl methyl sites for hydroxylation is 2. The zero-order valence-corrected chi connectivity index (χ0v) is 11.5. The van der Waals surface area contributed by atoms with Crippen molar-refractivity contribution in [3.8, 4) is 0 Å². The highest BCUT2D eigenvalue weighted by Crippen LogP contribution is 2.26. The van der Waals surface area contributed by atoms with Crippen molar-refractivity contribution in [3.05, 3.63) is 29.0 Å².